The predicted molar refractivity (Wildman–Crippen MR) is 76.1 cm³/mol. The molecule has 2 nitrogen and oxygen atoms in total. The summed E-state index contributed by atoms with van der Waals surface area (Å²) in [6.45, 7) is 0. The van der Waals surface area contributed by atoms with Crippen molar-refractivity contribution in [3.05, 3.63) is 70.2 Å². The summed E-state index contributed by atoms with van der Waals surface area (Å²) in [6.07, 6.45) is 1.78. The predicted octanol–water partition coefficient (Wildman–Crippen LogP) is 4.28. The van der Waals surface area contributed by atoms with Gasteiger partial charge in [-0.25, -0.2) is 0 Å². The highest BCUT2D eigenvalue weighted by atomic mass is 35.5. The molecule has 3 heteroatoms. The molecular weight excluding hydrogens is 256 g/mol. The van der Waals surface area contributed by atoms with Gasteiger partial charge in [-0.05, 0) is 41.5 Å². The van der Waals surface area contributed by atoms with Crippen molar-refractivity contribution in [1.82, 2.24) is 0 Å². The lowest BCUT2D eigenvalue weighted by Gasteiger charge is -2.00. The van der Waals surface area contributed by atoms with Gasteiger partial charge in [0.1, 0.15) is 0 Å². The SMILES string of the molecule is N#C/C(=C/c1ccc(C#N)cc1)c1ccc(Cl)cc1. The summed E-state index contributed by atoms with van der Waals surface area (Å²) in [4.78, 5) is 0. The molecule has 0 aliphatic heterocycles. The average Bonchev–Trinajstić information content (AvgIpc) is 2.46. The molecule has 0 spiro atoms. The molecule has 90 valence electrons. The standard InChI is InChI=1S/C16H9ClN2/c17-16-7-5-14(6-8-16)15(11-19)9-12-1-3-13(10-18)4-2-12/h1-9H/b15-9-. The molecule has 0 radical (unpaired) electrons. The molecule has 0 atom stereocenters. The third-order valence-corrected chi connectivity index (χ3v) is 2.88. The van der Waals surface area contributed by atoms with Gasteiger partial charge in [0, 0.05) is 5.02 Å². The monoisotopic (exact) mass is 264 g/mol. The minimum Gasteiger partial charge on any atom is -0.192 e. The van der Waals surface area contributed by atoms with Gasteiger partial charge < -0.3 is 0 Å². The second kappa shape index (κ2) is 5.87. The number of halogens is 1. The number of hydrogen-bond acceptors (Lipinski definition) is 2. The number of nitrogens with zero attached hydrogens (tertiary/aromatic N) is 2. The van der Waals surface area contributed by atoms with E-state index in [4.69, 9.17) is 16.9 Å². The minimum absolute atomic E-state index is 0.557. The Balaban J connectivity index is 2.36. The van der Waals surface area contributed by atoms with Gasteiger partial charge in [-0.2, -0.15) is 10.5 Å². The van der Waals surface area contributed by atoms with Crippen molar-refractivity contribution < 1.29 is 0 Å². The van der Waals surface area contributed by atoms with Gasteiger partial charge in [-0.3, -0.25) is 0 Å². The highest BCUT2D eigenvalue weighted by Crippen LogP contribution is 2.20. The van der Waals surface area contributed by atoms with E-state index in [0.29, 0.717) is 16.2 Å². The number of allylic oxidation sites excluding steroid dienone is 1. The summed E-state index contributed by atoms with van der Waals surface area (Å²) in [6, 6.07) is 18.4. The molecule has 0 amide bonds. The fourth-order valence-electron chi connectivity index (χ4n) is 1.63. The van der Waals surface area contributed by atoms with Crippen molar-refractivity contribution in [3.63, 3.8) is 0 Å². The molecular formula is C16H9ClN2. The van der Waals surface area contributed by atoms with Crippen molar-refractivity contribution >= 4 is 23.3 Å². The molecule has 2 rings (SSSR count). The van der Waals surface area contributed by atoms with Crippen LogP contribution in [-0.4, -0.2) is 0 Å². The molecule has 2 aromatic carbocycles. The molecule has 0 bridgehead atoms. The molecule has 0 aliphatic rings. The summed E-state index contributed by atoms with van der Waals surface area (Å²) in [5, 5.41) is 18.6. The van der Waals surface area contributed by atoms with Crippen molar-refractivity contribution in [1.29, 1.82) is 10.5 Å². The second-order valence-corrected chi connectivity index (χ2v) is 4.35. The zero-order chi connectivity index (χ0) is 13.7. The fraction of sp³-hybridized carbons (Fsp3) is 0. The van der Waals surface area contributed by atoms with Crippen LogP contribution in [0.3, 0.4) is 0 Å². The molecule has 0 saturated heterocycles. The number of nitriles is 2. The molecule has 19 heavy (non-hydrogen) atoms. The summed E-state index contributed by atoms with van der Waals surface area (Å²) in [7, 11) is 0. The first-order chi connectivity index (χ1) is 9.22. The van der Waals surface area contributed by atoms with E-state index in [9.17, 15) is 5.26 Å². The Bertz CT molecular complexity index is 684. The number of benzene rings is 2. The zero-order valence-electron chi connectivity index (χ0n) is 9.97. The van der Waals surface area contributed by atoms with E-state index in [-0.39, 0.29) is 0 Å². The van der Waals surface area contributed by atoms with Crippen molar-refractivity contribution in [2.75, 3.05) is 0 Å². The topological polar surface area (TPSA) is 47.6 Å². The molecule has 0 saturated carbocycles. The summed E-state index contributed by atoms with van der Waals surface area (Å²) in [5.74, 6) is 0. The maximum absolute atomic E-state index is 9.21. The van der Waals surface area contributed by atoms with Crippen LogP contribution in [0.25, 0.3) is 11.6 Å². The van der Waals surface area contributed by atoms with E-state index in [1.165, 1.54) is 0 Å². The van der Waals surface area contributed by atoms with Gasteiger partial charge in [0.15, 0.2) is 0 Å². The third-order valence-electron chi connectivity index (χ3n) is 2.63. The maximum Gasteiger partial charge on any atom is 0.0998 e. The first-order valence-corrected chi connectivity index (χ1v) is 5.98. The summed E-state index contributed by atoms with van der Waals surface area (Å²) >= 11 is 5.82. The van der Waals surface area contributed by atoms with E-state index in [1.54, 1.807) is 42.5 Å². The quantitative estimate of drug-likeness (QED) is 0.600. The van der Waals surface area contributed by atoms with Gasteiger partial charge >= 0.3 is 0 Å². The lowest BCUT2D eigenvalue weighted by Crippen LogP contribution is -1.82. The van der Waals surface area contributed by atoms with E-state index >= 15 is 0 Å². The molecule has 0 N–H and O–H groups in total. The highest BCUT2D eigenvalue weighted by molar-refractivity contribution is 6.30. The number of hydrogen-bond donors (Lipinski definition) is 0. The first kappa shape index (κ1) is 12.9. The van der Waals surface area contributed by atoms with E-state index in [0.717, 1.165) is 11.1 Å². The average molecular weight is 265 g/mol. The van der Waals surface area contributed by atoms with Crippen molar-refractivity contribution in [2.24, 2.45) is 0 Å². The second-order valence-electron chi connectivity index (χ2n) is 3.91. The van der Waals surface area contributed by atoms with Crippen LogP contribution in [0.1, 0.15) is 16.7 Å². The Morgan fingerprint density at radius 1 is 0.947 bits per heavy atom. The van der Waals surface area contributed by atoms with Crippen molar-refractivity contribution in [3.8, 4) is 12.1 Å². The Morgan fingerprint density at radius 3 is 2.11 bits per heavy atom. The Hall–Kier alpha value is -2.55. The van der Waals surface area contributed by atoms with Crippen LogP contribution in [0.2, 0.25) is 5.02 Å². The van der Waals surface area contributed by atoms with Gasteiger partial charge in [-0.1, -0.05) is 35.9 Å². The van der Waals surface area contributed by atoms with Gasteiger partial charge in [0.25, 0.3) is 0 Å². The summed E-state index contributed by atoms with van der Waals surface area (Å²) in [5.41, 5.74) is 2.85. The maximum atomic E-state index is 9.21. The zero-order valence-corrected chi connectivity index (χ0v) is 10.7. The molecule has 2 aromatic rings. The molecule has 0 unspecified atom stereocenters. The third kappa shape index (κ3) is 3.22. The van der Waals surface area contributed by atoms with E-state index < -0.39 is 0 Å². The normalized spacial score (nSPS) is 10.6. The van der Waals surface area contributed by atoms with Gasteiger partial charge in [-0.15, -0.1) is 0 Å². The number of rotatable bonds is 2. The molecule has 0 heterocycles. The lowest BCUT2D eigenvalue weighted by atomic mass is 10.0. The van der Waals surface area contributed by atoms with Crippen LogP contribution >= 0.6 is 11.6 Å². The highest BCUT2D eigenvalue weighted by Gasteiger charge is 2.01. The Labute approximate surface area is 116 Å². The van der Waals surface area contributed by atoms with Gasteiger partial charge in [0.2, 0.25) is 0 Å². The Kier molecular flexibility index (Phi) is 3.98. The van der Waals surface area contributed by atoms with Crippen molar-refractivity contribution in [2.45, 2.75) is 0 Å². The molecule has 0 fully saturated rings. The van der Waals surface area contributed by atoms with Crippen LogP contribution in [0, 0.1) is 22.7 Å². The minimum atomic E-state index is 0.557. The van der Waals surface area contributed by atoms with Crippen LogP contribution in [-0.2, 0) is 0 Å². The van der Waals surface area contributed by atoms with Crippen LogP contribution < -0.4 is 0 Å². The van der Waals surface area contributed by atoms with Crippen LogP contribution in [0.4, 0.5) is 0 Å². The largest absolute Gasteiger partial charge is 0.192 e. The lowest BCUT2D eigenvalue weighted by molar-refractivity contribution is 1.48. The van der Waals surface area contributed by atoms with Crippen LogP contribution in [0.15, 0.2) is 48.5 Å². The van der Waals surface area contributed by atoms with Crippen LogP contribution in [0.5, 0.6) is 0 Å². The van der Waals surface area contributed by atoms with E-state index in [2.05, 4.69) is 12.1 Å². The molecule has 0 aliphatic carbocycles. The van der Waals surface area contributed by atoms with E-state index in [1.807, 2.05) is 12.1 Å². The smallest absolute Gasteiger partial charge is 0.0998 e. The Morgan fingerprint density at radius 2 is 1.58 bits per heavy atom. The molecule has 0 aromatic heterocycles. The van der Waals surface area contributed by atoms with Gasteiger partial charge in [0.05, 0.1) is 23.3 Å². The fourth-order valence-corrected chi connectivity index (χ4v) is 1.76. The summed E-state index contributed by atoms with van der Waals surface area (Å²) < 4.78 is 0. The first-order valence-electron chi connectivity index (χ1n) is 5.61.